The average molecular weight is 183 g/mol. The van der Waals surface area contributed by atoms with Crippen LogP contribution < -0.4 is 0 Å². The molecule has 0 saturated carbocycles. The monoisotopic (exact) mass is 183 g/mol. The number of allylic oxidation sites excluding steroid dienone is 3. The predicted molar refractivity (Wildman–Crippen MR) is 62.1 cm³/mol. The van der Waals surface area contributed by atoms with Gasteiger partial charge in [0.1, 0.15) is 0 Å². The Morgan fingerprint density at radius 2 is 2.00 bits per heavy atom. The van der Waals surface area contributed by atoms with Crippen molar-refractivity contribution >= 4 is 18.0 Å². The topological polar surface area (TPSA) is 12.4 Å². The summed E-state index contributed by atoms with van der Waals surface area (Å²) in [6.45, 7) is 4.14. The largest absolute Gasteiger partial charge is 0.256 e. The van der Waals surface area contributed by atoms with E-state index in [0.29, 0.717) is 0 Å². The average Bonchev–Trinajstić information content (AvgIpc) is 2.13. The fourth-order valence-corrected chi connectivity index (χ4v) is 1.44. The second kappa shape index (κ2) is 3.62. The van der Waals surface area contributed by atoms with E-state index in [9.17, 15) is 0 Å². The van der Waals surface area contributed by atoms with E-state index in [1.165, 1.54) is 16.7 Å². The van der Waals surface area contributed by atoms with E-state index in [1.54, 1.807) is 0 Å². The van der Waals surface area contributed by atoms with Gasteiger partial charge in [0.05, 0.1) is 5.69 Å². The van der Waals surface area contributed by atoms with E-state index in [4.69, 9.17) is 0 Å². The van der Waals surface area contributed by atoms with Crippen LogP contribution in [0.25, 0.3) is 6.08 Å². The summed E-state index contributed by atoms with van der Waals surface area (Å²) >= 11 is 0. The highest BCUT2D eigenvalue weighted by molar-refractivity contribution is 5.84. The summed E-state index contributed by atoms with van der Waals surface area (Å²) in [6.07, 6.45) is 8.13. The normalized spacial score (nSPS) is 22.6. The summed E-state index contributed by atoms with van der Waals surface area (Å²) < 4.78 is 0. The number of rotatable bonds is 0. The molecule has 1 nitrogen and oxygen atoms in total. The molecule has 1 aromatic rings. The Morgan fingerprint density at radius 1 is 1.14 bits per heavy atom. The molecule has 0 radical (unpaired) electrons. The molecule has 0 atom stereocenters. The lowest BCUT2D eigenvalue weighted by Gasteiger charge is -2.04. The number of fused-ring (bicyclic) bond motifs is 1. The van der Waals surface area contributed by atoms with Crippen molar-refractivity contribution in [2.45, 2.75) is 13.8 Å². The molecule has 14 heavy (non-hydrogen) atoms. The third-order valence-electron chi connectivity index (χ3n) is 2.23. The molecule has 0 unspecified atom stereocenters. The van der Waals surface area contributed by atoms with Crippen molar-refractivity contribution in [3.05, 3.63) is 47.1 Å². The van der Waals surface area contributed by atoms with Gasteiger partial charge in [-0.25, -0.2) is 0 Å². The maximum Gasteiger partial charge on any atom is 0.0702 e. The number of aryl methyl sites for hydroxylation is 1. The smallest absolute Gasteiger partial charge is 0.0702 e. The van der Waals surface area contributed by atoms with Gasteiger partial charge in [-0.2, -0.15) is 0 Å². The molecule has 1 heterocycles. The van der Waals surface area contributed by atoms with Crippen molar-refractivity contribution in [1.29, 1.82) is 0 Å². The first-order valence-corrected chi connectivity index (χ1v) is 4.75. The highest BCUT2D eigenvalue weighted by Gasteiger charge is 1.98. The number of nitrogens with zero attached hydrogens (tertiary/aromatic N) is 1. The van der Waals surface area contributed by atoms with Gasteiger partial charge in [0.25, 0.3) is 0 Å². The molecule has 1 aliphatic rings. The Bertz CT molecular complexity index is 437. The molecule has 70 valence electrons. The fourth-order valence-electron chi connectivity index (χ4n) is 1.44. The van der Waals surface area contributed by atoms with E-state index in [-0.39, 0.29) is 0 Å². The Labute approximate surface area is 84.5 Å². The highest BCUT2D eigenvalue weighted by Crippen LogP contribution is 2.23. The van der Waals surface area contributed by atoms with Gasteiger partial charge in [-0.3, -0.25) is 4.99 Å². The van der Waals surface area contributed by atoms with Gasteiger partial charge in [-0.1, -0.05) is 29.9 Å². The predicted octanol–water partition coefficient (Wildman–Crippen LogP) is 3.67. The second-order valence-corrected chi connectivity index (χ2v) is 3.59. The third-order valence-corrected chi connectivity index (χ3v) is 2.23. The van der Waals surface area contributed by atoms with Crippen LogP contribution in [0, 0.1) is 6.92 Å². The molecular formula is C13H13N. The molecular weight excluding hydrogens is 170 g/mol. The van der Waals surface area contributed by atoms with Crippen molar-refractivity contribution in [3.63, 3.8) is 0 Å². The van der Waals surface area contributed by atoms with Gasteiger partial charge >= 0.3 is 0 Å². The zero-order chi connectivity index (χ0) is 9.97. The fraction of sp³-hybridized carbons (Fsp3) is 0.154. The third kappa shape index (κ3) is 1.82. The quantitative estimate of drug-likeness (QED) is 0.582. The van der Waals surface area contributed by atoms with Crippen LogP contribution in [0.1, 0.15) is 18.1 Å². The number of hydrogen-bond acceptors (Lipinski definition) is 1. The molecule has 0 fully saturated rings. The maximum atomic E-state index is 4.42. The first kappa shape index (κ1) is 8.95. The summed E-state index contributed by atoms with van der Waals surface area (Å²) in [5.74, 6) is 0. The van der Waals surface area contributed by atoms with Gasteiger partial charge < -0.3 is 0 Å². The Hall–Kier alpha value is -1.63. The number of benzene rings is 1. The van der Waals surface area contributed by atoms with Crippen LogP contribution in [-0.2, 0) is 0 Å². The Kier molecular flexibility index (Phi) is 2.32. The first-order chi connectivity index (χ1) is 6.75. The van der Waals surface area contributed by atoms with Crippen molar-refractivity contribution in [1.82, 2.24) is 0 Å². The van der Waals surface area contributed by atoms with Crippen LogP contribution in [0.3, 0.4) is 0 Å². The van der Waals surface area contributed by atoms with E-state index < -0.39 is 0 Å². The molecule has 2 rings (SSSR count). The molecule has 0 aromatic heterocycles. The lowest BCUT2D eigenvalue weighted by molar-refractivity contribution is 1.41. The molecule has 0 bridgehead atoms. The van der Waals surface area contributed by atoms with E-state index in [0.717, 1.165) is 5.69 Å². The zero-order valence-corrected chi connectivity index (χ0v) is 8.49. The molecule has 0 N–H and O–H groups in total. The van der Waals surface area contributed by atoms with Crippen molar-refractivity contribution in [2.75, 3.05) is 0 Å². The standard InChI is InChI=1S/C13H13N/c1-10-6-7-13-12(8-10)5-3-4-11(2)9-14-13/h3-9H,1-2H3/b4-3?,5-3+,11-4+,11-9?,12-5?,14-9-,14-13?. The highest BCUT2D eigenvalue weighted by atomic mass is 14.7. The second-order valence-electron chi connectivity index (χ2n) is 3.59. The SMILES string of the molecule is CC1=C\C=C\c2cc(C)ccc2/N=C\1. The maximum absolute atomic E-state index is 4.42. The lowest BCUT2D eigenvalue weighted by Crippen LogP contribution is -1.83. The summed E-state index contributed by atoms with van der Waals surface area (Å²) in [6, 6.07) is 6.30. The van der Waals surface area contributed by atoms with Gasteiger partial charge in [-0.05, 0) is 31.6 Å². The van der Waals surface area contributed by atoms with Crippen LogP contribution in [0.15, 0.2) is 40.9 Å². The van der Waals surface area contributed by atoms with Crippen LogP contribution in [0.2, 0.25) is 0 Å². The molecule has 0 saturated heterocycles. The minimum Gasteiger partial charge on any atom is -0.256 e. The molecule has 0 spiro atoms. The van der Waals surface area contributed by atoms with Crippen LogP contribution in [0.5, 0.6) is 0 Å². The van der Waals surface area contributed by atoms with Crippen LogP contribution >= 0.6 is 0 Å². The van der Waals surface area contributed by atoms with Gasteiger partial charge in [0, 0.05) is 11.8 Å². The van der Waals surface area contributed by atoms with E-state index in [1.807, 2.05) is 13.1 Å². The molecule has 0 amide bonds. The molecule has 1 aromatic carbocycles. The van der Waals surface area contributed by atoms with Crippen LogP contribution in [-0.4, -0.2) is 6.21 Å². The first-order valence-electron chi connectivity index (χ1n) is 4.75. The molecule has 1 aliphatic heterocycles. The number of aliphatic imine (C=N–C) groups is 1. The van der Waals surface area contributed by atoms with E-state index >= 15 is 0 Å². The molecule has 1 heteroatoms. The minimum atomic E-state index is 1.04. The molecule has 0 aliphatic carbocycles. The summed E-state index contributed by atoms with van der Waals surface area (Å²) in [5.41, 5.74) is 4.67. The lowest BCUT2D eigenvalue weighted by atomic mass is 10.1. The Morgan fingerprint density at radius 3 is 2.86 bits per heavy atom. The summed E-state index contributed by atoms with van der Waals surface area (Å²) in [4.78, 5) is 4.42. The van der Waals surface area contributed by atoms with Gasteiger partial charge in [0.15, 0.2) is 0 Å². The number of hydrogen-bond donors (Lipinski definition) is 0. The van der Waals surface area contributed by atoms with Crippen molar-refractivity contribution in [3.8, 4) is 0 Å². The van der Waals surface area contributed by atoms with Crippen LogP contribution in [0.4, 0.5) is 5.69 Å². The van der Waals surface area contributed by atoms with E-state index in [2.05, 4.69) is 48.3 Å². The minimum absolute atomic E-state index is 1.04. The summed E-state index contributed by atoms with van der Waals surface area (Å²) in [5, 5.41) is 0. The van der Waals surface area contributed by atoms with Gasteiger partial charge in [-0.15, -0.1) is 0 Å². The summed E-state index contributed by atoms with van der Waals surface area (Å²) in [7, 11) is 0. The van der Waals surface area contributed by atoms with Crippen molar-refractivity contribution in [2.24, 2.45) is 4.99 Å². The Balaban J connectivity index is 2.53. The zero-order valence-electron chi connectivity index (χ0n) is 8.49. The van der Waals surface area contributed by atoms with Gasteiger partial charge in [0.2, 0.25) is 0 Å². The van der Waals surface area contributed by atoms with Crippen molar-refractivity contribution < 1.29 is 0 Å².